The molecule has 2 aliphatic rings. The monoisotopic (exact) mass is 286 g/mol. The Hall–Kier alpha value is -0.430. The third kappa shape index (κ3) is 2.34. The molecule has 3 heterocycles. The number of hydrogen-bond acceptors (Lipinski definition) is 4. The van der Waals surface area contributed by atoms with Gasteiger partial charge in [-0.15, -0.1) is 11.3 Å². The minimum Gasteiger partial charge on any atom is -0.299 e. The van der Waals surface area contributed by atoms with Crippen LogP contribution in [0.3, 0.4) is 0 Å². The van der Waals surface area contributed by atoms with Crippen LogP contribution in [0.1, 0.15) is 25.7 Å². The van der Waals surface area contributed by atoms with Gasteiger partial charge in [0.25, 0.3) is 0 Å². The maximum Gasteiger partial charge on any atom is 0.250 e. The van der Waals surface area contributed by atoms with Gasteiger partial charge in [0, 0.05) is 18.6 Å². The zero-order valence-corrected chi connectivity index (χ0v) is 11.8. The molecule has 3 rings (SSSR count). The average molecular weight is 286 g/mol. The molecule has 2 atom stereocenters. The minimum absolute atomic E-state index is 0.0948. The molecular formula is C12H18N2O2S2. The van der Waals surface area contributed by atoms with E-state index in [4.69, 9.17) is 0 Å². The Morgan fingerprint density at radius 1 is 1.28 bits per heavy atom. The van der Waals surface area contributed by atoms with Crippen LogP contribution in [0.2, 0.25) is 0 Å². The molecule has 100 valence electrons. The van der Waals surface area contributed by atoms with Gasteiger partial charge < -0.3 is 0 Å². The van der Waals surface area contributed by atoms with Gasteiger partial charge in [-0.05, 0) is 37.3 Å². The van der Waals surface area contributed by atoms with Gasteiger partial charge in [0.05, 0.1) is 0 Å². The Bertz CT molecular complexity index is 498. The van der Waals surface area contributed by atoms with Gasteiger partial charge in [-0.1, -0.05) is 12.5 Å². The van der Waals surface area contributed by atoms with E-state index in [9.17, 15) is 8.42 Å². The molecule has 2 fully saturated rings. The van der Waals surface area contributed by atoms with E-state index in [1.54, 1.807) is 17.5 Å². The van der Waals surface area contributed by atoms with Crippen molar-refractivity contribution >= 4 is 21.4 Å². The normalized spacial score (nSPS) is 29.3. The Kier molecular flexibility index (Phi) is 3.44. The molecule has 0 aliphatic carbocycles. The van der Waals surface area contributed by atoms with Gasteiger partial charge in [-0.25, -0.2) is 13.1 Å². The van der Waals surface area contributed by atoms with E-state index in [-0.39, 0.29) is 6.04 Å². The number of nitrogens with one attached hydrogen (secondary N) is 1. The average Bonchev–Trinajstić information content (AvgIpc) is 2.99. The predicted molar refractivity (Wildman–Crippen MR) is 72.3 cm³/mol. The summed E-state index contributed by atoms with van der Waals surface area (Å²) in [6, 6.07) is 3.95. The summed E-state index contributed by atoms with van der Waals surface area (Å²) in [6.07, 6.45) is 4.53. The molecule has 6 heteroatoms. The highest BCUT2D eigenvalue weighted by Crippen LogP contribution is 2.28. The van der Waals surface area contributed by atoms with Crippen LogP contribution in [0.15, 0.2) is 21.7 Å². The fraction of sp³-hybridized carbons (Fsp3) is 0.667. The quantitative estimate of drug-likeness (QED) is 0.919. The zero-order valence-electron chi connectivity index (χ0n) is 10.2. The summed E-state index contributed by atoms with van der Waals surface area (Å²) in [7, 11) is -3.31. The maximum atomic E-state index is 12.2. The molecule has 0 amide bonds. The Morgan fingerprint density at radius 2 is 2.17 bits per heavy atom. The van der Waals surface area contributed by atoms with Crippen molar-refractivity contribution in [1.29, 1.82) is 0 Å². The summed E-state index contributed by atoms with van der Waals surface area (Å²) >= 11 is 1.28. The number of piperidine rings is 1. The van der Waals surface area contributed by atoms with Gasteiger partial charge in [0.15, 0.2) is 0 Å². The van der Waals surface area contributed by atoms with Crippen LogP contribution in [-0.4, -0.2) is 38.5 Å². The van der Waals surface area contributed by atoms with E-state index in [0.717, 1.165) is 25.9 Å². The molecule has 4 nitrogen and oxygen atoms in total. The van der Waals surface area contributed by atoms with Gasteiger partial charge in [0.1, 0.15) is 4.21 Å². The third-order valence-electron chi connectivity index (χ3n) is 3.92. The second-order valence-corrected chi connectivity index (χ2v) is 7.94. The summed E-state index contributed by atoms with van der Waals surface area (Å²) < 4.78 is 27.7. The van der Waals surface area contributed by atoms with Crippen LogP contribution in [0, 0.1) is 0 Å². The lowest BCUT2D eigenvalue weighted by atomic mass is 10.00. The molecule has 0 unspecified atom stereocenters. The fourth-order valence-corrected chi connectivity index (χ4v) is 5.37. The molecule has 0 bridgehead atoms. The first-order valence-corrected chi connectivity index (χ1v) is 8.83. The topological polar surface area (TPSA) is 49.4 Å². The summed E-state index contributed by atoms with van der Waals surface area (Å²) in [5, 5.41) is 1.80. The van der Waals surface area contributed by atoms with Crippen LogP contribution in [-0.2, 0) is 10.0 Å². The number of nitrogens with zero attached hydrogens (tertiary/aromatic N) is 1. The maximum absolute atomic E-state index is 12.2. The van der Waals surface area contributed by atoms with Crippen LogP contribution >= 0.6 is 11.3 Å². The molecule has 18 heavy (non-hydrogen) atoms. The number of thiophene rings is 1. The third-order valence-corrected chi connectivity index (χ3v) is 6.81. The van der Waals surface area contributed by atoms with E-state index >= 15 is 0 Å². The molecule has 0 spiro atoms. The number of sulfonamides is 1. The van der Waals surface area contributed by atoms with Crippen molar-refractivity contribution in [3.05, 3.63) is 17.5 Å². The van der Waals surface area contributed by atoms with Crippen LogP contribution in [0.4, 0.5) is 0 Å². The smallest absolute Gasteiger partial charge is 0.250 e. The SMILES string of the molecule is O=S(=O)(N[C@H]1CCN2CCCC[C@H]12)c1cccs1. The lowest BCUT2D eigenvalue weighted by Gasteiger charge is -2.32. The second-order valence-electron chi connectivity index (χ2n) is 5.05. The van der Waals surface area contributed by atoms with Crippen LogP contribution in [0.25, 0.3) is 0 Å². The lowest BCUT2D eigenvalue weighted by molar-refractivity contribution is 0.186. The van der Waals surface area contributed by atoms with E-state index in [1.165, 1.54) is 24.2 Å². The first kappa shape index (κ1) is 12.6. The van der Waals surface area contributed by atoms with Gasteiger partial charge in [-0.3, -0.25) is 4.90 Å². The zero-order chi connectivity index (χ0) is 12.6. The first-order valence-electron chi connectivity index (χ1n) is 6.47. The van der Waals surface area contributed by atoms with E-state index in [1.807, 2.05) is 0 Å². The molecule has 2 aliphatic heterocycles. The molecule has 0 radical (unpaired) electrons. The standard InChI is InChI=1S/C12H18N2O2S2/c15-18(16,12-5-3-9-17-12)13-10-6-8-14-7-2-1-4-11(10)14/h3,5,9-11,13H,1-2,4,6-8H2/t10-,11+/m0/s1. The summed E-state index contributed by atoms with van der Waals surface area (Å²) in [6.45, 7) is 2.16. The number of hydrogen-bond donors (Lipinski definition) is 1. The van der Waals surface area contributed by atoms with E-state index in [2.05, 4.69) is 9.62 Å². The highest BCUT2D eigenvalue weighted by molar-refractivity contribution is 7.91. The van der Waals surface area contributed by atoms with Crippen molar-refractivity contribution in [3.63, 3.8) is 0 Å². The van der Waals surface area contributed by atoms with Gasteiger partial charge in [0.2, 0.25) is 10.0 Å². The summed E-state index contributed by atoms with van der Waals surface area (Å²) in [5.74, 6) is 0. The van der Waals surface area contributed by atoms with Gasteiger partial charge >= 0.3 is 0 Å². The van der Waals surface area contributed by atoms with E-state index in [0.29, 0.717) is 10.3 Å². The number of fused-ring (bicyclic) bond motifs is 1. The predicted octanol–water partition coefficient (Wildman–Crippen LogP) is 1.65. The number of rotatable bonds is 3. The molecular weight excluding hydrogens is 268 g/mol. The molecule has 1 aromatic rings. The van der Waals surface area contributed by atoms with E-state index < -0.39 is 10.0 Å². The van der Waals surface area contributed by atoms with Gasteiger partial charge in [-0.2, -0.15) is 0 Å². The van der Waals surface area contributed by atoms with Crippen molar-refractivity contribution in [3.8, 4) is 0 Å². The fourth-order valence-electron chi connectivity index (χ4n) is 3.06. The Morgan fingerprint density at radius 3 is 2.94 bits per heavy atom. The lowest BCUT2D eigenvalue weighted by Crippen LogP contribution is -2.46. The largest absolute Gasteiger partial charge is 0.299 e. The summed E-state index contributed by atoms with van der Waals surface area (Å²) in [5.41, 5.74) is 0. The van der Waals surface area contributed by atoms with Crippen LogP contribution < -0.4 is 4.72 Å². The Balaban J connectivity index is 1.73. The molecule has 2 saturated heterocycles. The van der Waals surface area contributed by atoms with Crippen molar-refractivity contribution in [2.75, 3.05) is 13.1 Å². The minimum atomic E-state index is -3.31. The van der Waals surface area contributed by atoms with Crippen molar-refractivity contribution < 1.29 is 8.42 Å². The highest BCUT2D eigenvalue weighted by atomic mass is 32.2. The van der Waals surface area contributed by atoms with Crippen molar-refractivity contribution in [1.82, 2.24) is 9.62 Å². The molecule has 0 saturated carbocycles. The first-order chi connectivity index (χ1) is 8.67. The molecule has 1 N–H and O–H groups in total. The highest BCUT2D eigenvalue weighted by Gasteiger charge is 2.37. The summed E-state index contributed by atoms with van der Waals surface area (Å²) in [4.78, 5) is 2.44. The molecule has 0 aromatic carbocycles. The Labute approximate surface area is 112 Å². The molecule has 1 aromatic heterocycles. The van der Waals surface area contributed by atoms with Crippen LogP contribution in [0.5, 0.6) is 0 Å². The second kappa shape index (κ2) is 4.92. The van der Waals surface area contributed by atoms with Crippen molar-refractivity contribution in [2.45, 2.75) is 42.0 Å². The van der Waals surface area contributed by atoms with Crippen molar-refractivity contribution in [2.24, 2.45) is 0 Å².